The van der Waals surface area contributed by atoms with Gasteiger partial charge < -0.3 is 14.6 Å². The number of aryl methyl sites for hydroxylation is 1. The molecule has 0 aliphatic carbocycles. The van der Waals surface area contributed by atoms with Crippen LogP contribution >= 0.6 is 11.8 Å². The zero-order valence-corrected chi connectivity index (χ0v) is 17.2. The number of nitrogens with one attached hydrogen (secondary N) is 1. The highest BCUT2D eigenvalue weighted by atomic mass is 32.2. The summed E-state index contributed by atoms with van der Waals surface area (Å²) in [7, 11) is 1.34. The highest BCUT2D eigenvalue weighted by molar-refractivity contribution is 7.99. The standard InChI is InChI=1S/C18H31N3O3S/c1-11(2)8-15(17(23)24-7)20-16(22)10-25-18-19-13(5)14(6)21(18)9-12(3)4/h11-12,15H,8-10H2,1-7H3,(H,20,22). The van der Waals surface area contributed by atoms with Crippen molar-refractivity contribution in [2.45, 2.75) is 65.7 Å². The average Bonchev–Trinajstić information content (AvgIpc) is 2.78. The molecule has 6 nitrogen and oxygen atoms in total. The number of nitrogens with zero attached hydrogens (tertiary/aromatic N) is 2. The summed E-state index contributed by atoms with van der Waals surface area (Å²) in [6, 6.07) is -0.600. The molecule has 25 heavy (non-hydrogen) atoms. The highest BCUT2D eigenvalue weighted by Gasteiger charge is 2.23. The molecule has 0 saturated heterocycles. The summed E-state index contributed by atoms with van der Waals surface area (Å²) >= 11 is 1.40. The first-order valence-corrected chi connectivity index (χ1v) is 9.67. The van der Waals surface area contributed by atoms with Crippen LogP contribution in [0.2, 0.25) is 0 Å². The Balaban J connectivity index is 2.72. The second-order valence-corrected chi connectivity index (χ2v) is 8.07. The Labute approximate surface area is 155 Å². The van der Waals surface area contributed by atoms with Gasteiger partial charge in [-0.05, 0) is 32.1 Å². The number of ether oxygens (including phenoxy) is 1. The smallest absolute Gasteiger partial charge is 0.328 e. The maximum Gasteiger partial charge on any atom is 0.328 e. The average molecular weight is 370 g/mol. The number of aromatic nitrogens is 2. The molecule has 1 N–H and O–H groups in total. The third-order valence-corrected chi connectivity index (χ3v) is 4.81. The molecule has 142 valence electrons. The second kappa shape index (κ2) is 9.85. The largest absolute Gasteiger partial charge is 0.467 e. The Bertz CT molecular complexity index is 597. The monoisotopic (exact) mass is 369 g/mol. The van der Waals surface area contributed by atoms with Crippen molar-refractivity contribution in [3.8, 4) is 0 Å². The number of carbonyl (C=O) groups excluding carboxylic acids is 2. The SMILES string of the molecule is COC(=O)C(CC(C)C)NC(=O)CSc1nc(C)c(C)n1CC(C)C. The fourth-order valence-corrected chi connectivity index (χ4v) is 3.42. The van der Waals surface area contributed by atoms with Gasteiger partial charge in [0, 0.05) is 12.2 Å². The van der Waals surface area contributed by atoms with Gasteiger partial charge in [-0.25, -0.2) is 9.78 Å². The van der Waals surface area contributed by atoms with Crippen molar-refractivity contribution in [2.24, 2.45) is 11.8 Å². The summed E-state index contributed by atoms with van der Waals surface area (Å²) < 4.78 is 6.94. The molecule has 7 heteroatoms. The maximum atomic E-state index is 12.3. The van der Waals surface area contributed by atoms with E-state index in [1.165, 1.54) is 18.9 Å². The molecule has 1 aromatic rings. The second-order valence-electron chi connectivity index (χ2n) is 7.13. The molecular formula is C18H31N3O3S. The van der Waals surface area contributed by atoms with Crippen LogP contribution in [0.1, 0.15) is 45.5 Å². The Morgan fingerprint density at radius 2 is 1.84 bits per heavy atom. The lowest BCUT2D eigenvalue weighted by molar-refractivity contribution is -0.145. The van der Waals surface area contributed by atoms with E-state index in [4.69, 9.17) is 4.74 Å². The van der Waals surface area contributed by atoms with Gasteiger partial charge in [-0.3, -0.25) is 4.79 Å². The lowest BCUT2D eigenvalue weighted by atomic mass is 10.0. The fourth-order valence-electron chi connectivity index (χ4n) is 2.51. The summed E-state index contributed by atoms with van der Waals surface area (Å²) in [4.78, 5) is 28.7. The van der Waals surface area contributed by atoms with Gasteiger partial charge in [0.2, 0.25) is 5.91 Å². The number of hydrogen-bond acceptors (Lipinski definition) is 5. The number of esters is 1. The molecule has 0 spiro atoms. The van der Waals surface area contributed by atoms with Crippen LogP contribution in [0.4, 0.5) is 0 Å². The van der Waals surface area contributed by atoms with Crippen LogP contribution in [0.25, 0.3) is 0 Å². The summed E-state index contributed by atoms with van der Waals surface area (Å²) in [5.41, 5.74) is 2.11. The van der Waals surface area contributed by atoms with Gasteiger partial charge in [-0.1, -0.05) is 39.5 Å². The molecule has 0 aliphatic heterocycles. The molecule has 0 aliphatic rings. The van der Waals surface area contributed by atoms with Crippen molar-refractivity contribution >= 4 is 23.6 Å². The maximum absolute atomic E-state index is 12.3. The van der Waals surface area contributed by atoms with Gasteiger partial charge in [0.15, 0.2) is 5.16 Å². The predicted molar refractivity (Wildman–Crippen MR) is 101 cm³/mol. The van der Waals surface area contributed by atoms with Crippen LogP contribution in [-0.4, -0.2) is 40.3 Å². The van der Waals surface area contributed by atoms with Crippen LogP contribution in [0.5, 0.6) is 0 Å². The molecule has 1 aromatic heterocycles. The van der Waals surface area contributed by atoms with Crippen LogP contribution in [0, 0.1) is 25.7 Å². The normalized spacial score (nSPS) is 12.5. The molecule has 0 saturated carbocycles. The number of imidazole rings is 1. The van der Waals surface area contributed by atoms with E-state index >= 15 is 0 Å². The number of methoxy groups -OCH3 is 1. The Kier molecular flexibility index (Phi) is 8.48. The van der Waals surface area contributed by atoms with Crippen molar-refractivity contribution in [3.05, 3.63) is 11.4 Å². The van der Waals surface area contributed by atoms with Crippen molar-refractivity contribution in [1.29, 1.82) is 0 Å². The minimum Gasteiger partial charge on any atom is -0.467 e. The van der Waals surface area contributed by atoms with Crippen LogP contribution in [0.15, 0.2) is 5.16 Å². The molecule has 1 heterocycles. The van der Waals surface area contributed by atoms with E-state index < -0.39 is 12.0 Å². The Morgan fingerprint density at radius 1 is 1.20 bits per heavy atom. The van der Waals surface area contributed by atoms with Gasteiger partial charge in [0.25, 0.3) is 0 Å². The van der Waals surface area contributed by atoms with E-state index in [2.05, 4.69) is 28.7 Å². The minimum absolute atomic E-state index is 0.185. The van der Waals surface area contributed by atoms with E-state index in [0.717, 1.165) is 23.1 Å². The van der Waals surface area contributed by atoms with Crippen molar-refractivity contribution in [3.63, 3.8) is 0 Å². The first-order valence-electron chi connectivity index (χ1n) is 8.69. The van der Waals surface area contributed by atoms with E-state index in [1.807, 2.05) is 27.7 Å². The topological polar surface area (TPSA) is 73.2 Å². The van der Waals surface area contributed by atoms with E-state index in [1.54, 1.807) is 0 Å². The lowest BCUT2D eigenvalue weighted by Crippen LogP contribution is -2.43. The van der Waals surface area contributed by atoms with Gasteiger partial charge in [0.1, 0.15) is 6.04 Å². The molecule has 1 rings (SSSR count). The number of rotatable bonds is 9. The van der Waals surface area contributed by atoms with Crippen LogP contribution < -0.4 is 5.32 Å². The zero-order valence-electron chi connectivity index (χ0n) is 16.4. The molecular weight excluding hydrogens is 338 g/mol. The number of amides is 1. The molecule has 1 amide bonds. The predicted octanol–water partition coefficient (Wildman–Crippen LogP) is 2.95. The first-order chi connectivity index (χ1) is 11.6. The molecule has 1 atom stereocenters. The lowest BCUT2D eigenvalue weighted by Gasteiger charge is -2.18. The van der Waals surface area contributed by atoms with Crippen molar-refractivity contribution in [2.75, 3.05) is 12.9 Å². The van der Waals surface area contributed by atoms with E-state index in [-0.39, 0.29) is 17.6 Å². The van der Waals surface area contributed by atoms with Crippen molar-refractivity contribution in [1.82, 2.24) is 14.9 Å². The third kappa shape index (κ3) is 6.72. The van der Waals surface area contributed by atoms with Crippen LogP contribution in [0.3, 0.4) is 0 Å². The fraction of sp³-hybridized carbons (Fsp3) is 0.722. The minimum atomic E-state index is -0.600. The quantitative estimate of drug-likeness (QED) is 0.535. The van der Waals surface area contributed by atoms with E-state index in [9.17, 15) is 9.59 Å². The number of hydrogen-bond donors (Lipinski definition) is 1. The highest BCUT2D eigenvalue weighted by Crippen LogP contribution is 2.22. The van der Waals surface area contributed by atoms with E-state index in [0.29, 0.717) is 12.3 Å². The molecule has 0 radical (unpaired) electrons. The summed E-state index contributed by atoms with van der Waals surface area (Å²) in [6.45, 7) is 13.2. The third-order valence-electron chi connectivity index (χ3n) is 3.83. The number of thioether (sulfide) groups is 1. The summed E-state index contributed by atoms with van der Waals surface area (Å²) in [5, 5.41) is 3.62. The summed E-state index contributed by atoms with van der Waals surface area (Å²) in [5.74, 6) is 0.414. The van der Waals surface area contributed by atoms with Crippen LogP contribution in [-0.2, 0) is 20.9 Å². The zero-order chi connectivity index (χ0) is 19.1. The molecule has 0 bridgehead atoms. The first kappa shape index (κ1) is 21.5. The van der Waals surface area contributed by atoms with Gasteiger partial charge in [0.05, 0.1) is 18.6 Å². The Hall–Kier alpha value is -1.50. The van der Waals surface area contributed by atoms with Gasteiger partial charge in [-0.2, -0.15) is 0 Å². The molecule has 0 fully saturated rings. The molecule has 0 aromatic carbocycles. The Morgan fingerprint density at radius 3 is 2.36 bits per heavy atom. The summed E-state index contributed by atoms with van der Waals surface area (Å²) in [6.07, 6.45) is 0.559. The van der Waals surface area contributed by atoms with Gasteiger partial charge in [-0.15, -0.1) is 0 Å². The molecule has 1 unspecified atom stereocenters. The van der Waals surface area contributed by atoms with Crippen molar-refractivity contribution < 1.29 is 14.3 Å². The van der Waals surface area contributed by atoms with Gasteiger partial charge >= 0.3 is 5.97 Å². The number of carbonyl (C=O) groups is 2.